The van der Waals surface area contributed by atoms with E-state index < -0.39 is 0 Å². The van der Waals surface area contributed by atoms with E-state index in [0.29, 0.717) is 19.6 Å². The molecule has 0 atom stereocenters. The fraction of sp³-hybridized carbons (Fsp3) is 0.250. The minimum Gasteiger partial charge on any atom is -0.350 e. The lowest BCUT2D eigenvalue weighted by atomic mass is 10.2. The van der Waals surface area contributed by atoms with Crippen molar-refractivity contribution in [3.05, 3.63) is 82.1 Å². The molecule has 0 aromatic carbocycles. The normalized spacial score (nSPS) is 10.8. The van der Waals surface area contributed by atoms with E-state index in [-0.39, 0.29) is 5.91 Å². The number of nitrogens with zero attached hydrogens (tertiary/aromatic N) is 3. The third kappa shape index (κ3) is 5.47. The highest BCUT2D eigenvalue weighted by molar-refractivity contribution is 7.12. The van der Waals surface area contributed by atoms with Gasteiger partial charge in [0.2, 0.25) is 0 Å². The van der Waals surface area contributed by atoms with Gasteiger partial charge in [0, 0.05) is 38.1 Å². The highest BCUT2D eigenvalue weighted by Crippen LogP contribution is 2.09. The molecule has 0 aliphatic rings. The number of carbonyl (C=O) groups is 1. The van der Waals surface area contributed by atoms with Crippen LogP contribution in [0.15, 0.2) is 60.1 Å². The smallest absolute Gasteiger partial charge is 0.261 e. The van der Waals surface area contributed by atoms with Crippen LogP contribution in [0.25, 0.3) is 0 Å². The average molecular weight is 366 g/mol. The highest BCUT2D eigenvalue weighted by atomic mass is 32.1. The second-order valence-corrected chi connectivity index (χ2v) is 6.98. The maximum absolute atomic E-state index is 12.1. The number of nitrogens with one attached hydrogen (secondary N) is 1. The number of aryl methyl sites for hydroxylation is 1. The van der Waals surface area contributed by atoms with Crippen molar-refractivity contribution in [2.24, 2.45) is 0 Å². The standard InChI is InChI=1S/C20H22N4OS/c1-16-6-4-8-18(23-16)15-24(14-17-7-2-3-10-21-17)12-11-22-20(25)19-9-5-13-26-19/h2-10,13H,11-12,14-15H2,1H3,(H,22,25). The van der Waals surface area contributed by atoms with Gasteiger partial charge in [-0.25, -0.2) is 0 Å². The molecule has 1 amide bonds. The number of hydrogen-bond acceptors (Lipinski definition) is 5. The van der Waals surface area contributed by atoms with Crippen LogP contribution >= 0.6 is 11.3 Å². The predicted octanol–water partition coefficient (Wildman–Crippen LogP) is 3.28. The lowest BCUT2D eigenvalue weighted by Gasteiger charge is -2.22. The number of carbonyl (C=O) groups excluding carboxylic acids is 1. The summed E-state index contributed by atoms with van der Waals surface area (Å²) in [6.07, 6.45) is 1.80. The summed E-state index contributed by atoms with van der Waals surface area (Å²) < 4.78 is 0. The molecule has 3 heterocycles. The first kappa shape index (κ1) is 18.2. The molecule has 0 bridgehead atoms. The zero-order chi connectivity index (χ0) is 18.2. The van der Waals surface area contributed by atoms with Crippen molar-refractivity contribution in [2.75, 3.05) is 13.1 Å². The fourth-order valence-corrected chi connectivity index (χ4v) is 3.31. The van der Waals surface area contributed by atoms with Crippen LogP contribution in [0.3, 0.4) is 0 Å². The molecule has 0 aliphatic carbocycles. The highest BCUT2D eigenvalue weighted by Gasteiger charge is 2.11. The summed E-state index contributed by atoms with van der Waals surface area (Å²) in [6.45, 7) is 4.73. The summed E-state index contributed by atoms with van der Waals surface area (Å²) in [4.78, 5) is 24.1. The maximum atomic E-state index is 12.1. The van der Waals surface area contributed by atoms with E-state index in [1.165, 1.54) is 11.3 Å². The van der Waals surface area contributed by atoms with Crippen LogP contribution < -0.4 is 5.32 Å². The van der Waals surface area contributed by atoms with Crippen molar-refractivity contribution in [3.8, 4) is 0 Å². The Bertz CT molecular complexity index is 821. The molecule has 1 N–H and O–H groups in total. The van der Waals surface area contributed by atoms with Crippen LogP contribution in [0.1, 0.15) is 26.8 Å². The summed E-state index contributed by atoms with van der Waals surface area (Å²) in [5.74, 6) is -0.0218. The lowest BCUT2D eigenvalue weighted by molar-refractivity contribution is 0.0951. The second kappa shape index (κ2) is 9.22. The van der Waals surface area contributed by atoms with Gasteiger partial charge in [0.25, 0.3) is 5.91 Å². The minimum atomic E-state index is -0.0218. The lowest BCUT2D eigenvalue weighted by Crippen LogP contribution is -2.34. The molecule has 0 unspecified atom stereocenters. The molecular formula is C20H22N4OS. The van der Waals surface area contributed by atoms with E-state index in [1.807, 2.05) is 60.8 Å². The molecule has 0 saturated heterocycles. The van der Waals surface area contributed by atoms with Gasteiger partial charge in [-0.3, -0.25) is 19.7 Å². The van der Waals surface area contributed by atoms with Gasteiger partial charge in [-0.1, -0.05) is 18.2 Å². The molecule has 5 nitrogen and oxygen atoms in total. The Hall–Kier alpha value is -2.57. The zero-order valence-corrected chi connectivity index (χ0v) is 15.6. The van der Waals surface area contributed by atoms with Crippen LogP contribution in [-0.2, 0) is 13.1 Å². The first-order valence-electron chi connectivity index (χ1n) is 8.57. The van der Waals surface area contributed by atoms with Crippen molar-refractivity contribution in [1.82, 2.24) is 20.2 Å². The monoisotopic (exact) mass is 366 g/mol. The topological polar surface area (TPSA) is 58.1 Å². The van der Waals surface area contributed by atoms with Crippen LogP contribution in [0.2, 0.25) is 0 Å². The van der Waals surface area contributed by atoms with Gasteiger partial charge in [0.1, 0.15) is 0 Å². The van der Waals surface area contributed by atoms with Crippen LogP contribution in [0.5, 0.6) is 0 Å². The van der Waals surface area contributed by atoms with E-state index >= 15 is 0 Å². The largest absolute Gasteiger partial charge is 0.350 e. The maximum Gasteiger partial charge on any atom is 0.261 e. The molecule has 3 aromatic rings. The van der Waals surface area contributed by atoms with Gasteiger partial charge in [0.05, 0.1) is 16.3 Å². The van der Waals surface area contributed by atoms with Gasteiger partial charge in [0.15, 0.2) is 0 Å². The number of hydrogen-bond donors (Lipinski definition) is 1. The molecule has 26 heavy (non-hydrogen) atoms. The molecule has 3 aromatic heterocycles. The van der Waals surface area contributed by atoms with E-state index in [1.54, 1.807) is 6.20 Å². The Labute approximate surface area is 157 Å². The van der Waals surface area contributed by atoms with Crippen molar-refractivity contribution in [3.63, 3.8) is 0 Å². The van der Waals surface area contributed by atoms with E-state index in [0.717, 1.165) is 28.5 Å². The second-order valence-electron chi connectivity index (χ2n) is 6.04. The Balaban J connectivity index is 1.61. The molecule has 0 aliphatic heterocycles. The van der Waals surface area contributed by atoms with Crippen molar-refractivity contribution in [1.29, 1.82) is 0 Å². The van der Waals surface area contributed by atoms with Gasteiger partial charge in [-0.05, 0) is 42.6 Å². The first-order chi connectivity index (χ1) is 12.7. The summed E-state index contributed by atoms with van der Waals surface area (Å²) in [7, 11) is 0. The van der Waals surface area contributed by atoms with Gasteiger partial charge in [-0.2, -0.15) is 0 Å². The molecule has 3 rings (SSSR count). The van der Waals surface area contributed by atoms with Crippen LogP contribution in [-0.4, -0.2) is 33.9 Å². The van der Waals surface area contributed by atoms with E-state index in [2.05, 4.69) is 20.2 Å². The zero-order valence-electron chi connectivity index (χ0n) is 14.8. The molecule has 6 heteroatoms. The molecule has 0 saturated carbocycles. The third-order valence-corrected chi connectivity index (χ3v) is 4.77. The number of thiophene rings is 1. The van der Waals surface area contributed by atoms with Crippen LogP contribution in [0, 0.1) is 6.92 Å². The van der Waals surface area contributed by atoms with Crippen molar-refractivity contribution >= 4 is 17.2 Å². The molecular weight excluding hydrogens is 344 g/mol. The molecule has 134 valence electrons. The third-order valence-electron chi connectivity index (χ3n) is 3.90. The van der Waals surface area contributed by atoms with Gasteiger partial charge >= 0.3 is 0 Å². The predicted molar refractivity (Wildman–Crippen MR) is 104 cm³/mol. The quantitative estimate of drug-likeness (QED) is 0.665. The molecule has 0 fully saturated rings. The Morgan fingerprint density at radius 3 is 2.65 bits per heavy atom. The van der Waals surface area contributed by atoms with Gasteiger partial charge < -0.3 is 5.32 Å². The Morgan fingerprint density at radius 2 is 1.92 bits per heavy atom. The Kier molecular flexibility index (Phi) is 6.46. The number of amides is 1. The number of rotatable bonds is 8. The average Bonchev–Trinajstić information content (AvgIpc) is 3.17. The SMILES string of the molecule is Cc1cccc(CN(CCNC(=O)c2cccs2)Cc2ccccn2)n1. The Morgan fingerprint density at radius 1 is 1.08 bits per heavy atom. The fourth-order valence-electron chi connectivity index (χ4n) is 2.67. The number of pyridine rings is 2. The first-order valence-corrected chi connectivity index (χ1v) is 9.45. The van der Waals surface area contributed by atoms with Gasteiger partial charge in [-0.15, -0.1) is 11.3 Å². The van der Waals surface area contributed by atoms with Crippen molar-refractivity contribution in [2.45, 2.75) is 20.0 Å². The summed E-state index contributed by atoms with van der Waals surface area (Å²) >= 11 is 1.45. The van der Waals surface area contributed by atoms with Crippen molar-refractivity contribution < 1.29 is 4.79 Å². The van der Waals surface area contributed by atoms with E-state index in [9.17, 15) is 4.79 Å². The summed E-state index contributed by atoms with van der Waals surface area (Å²) in [6, 6.07) is 15.7. The molecule has 0 radical (unpaired) electrons. The number of aromatic nitrogens is 2. The van der Waals surface area contributed by atoms with Crippen LogP contribution in [0.4, 0.5) is 0 Å². The summed E-state index contributed by atoms with van der Waals surface area (Å²) in [5, 5.41) is 4.90. The molecule has 0 spiro atoms. The summed E-state index contributed by atoms with van der Waals surface area (Å²) in [5.41, 5.74) is 3.03. The minimum absolute atomic E-state index is 0.0218. The van der Waals surface area contributed by atoms with E-state index in [4.69, 9.17) is 0 Å².